The molecular formula is C21H25N5O. The molecule has 1 aliphatic rings. The number of anilines is 1. The molecule has 4 rings (SSSR count). The van der Waals surface area contributed by atoms with Gasteiger partial charge in [0.2, 0.25) is 11.7 Å². The zero-order valence-corrected chi connectivity index (χ0v) is 16.1. The van der Waals surface area contributed by atoms with Crippen molar-refractivity contribution in [1.29, 1.82) is 0 Å². The van der Waals surface area contributed by atoms with Gasteiger partial charge >= 0.3 is 0 Å². The first kappa shape index (κ1) is 17.7. The Morgan fingerprint density at radius 2 is 1.56 bits per heavy atom. The zero-order chi connectivity index (χ0) is 18.8. The van der Waals surface area contributed by atoms with Crippen molar-refractivity contribution < 1.29 is 4.52 Å². The first-order chi connectivity index (χ1) is 13.1. The van der Waals surface area contributed by atoms with Gasteiger partial charge in [-0.2, -0.15) is 4.98 Å². The third-order valence-electron chi connectivity index (χ3n) is 5.12. The molecule has 6 heteroatoms. The molecule has 2 aromatic heterocycles. The second-order valence-electron chi connectivity index (χ2n) is 7.24. The predicted octanol–water partition coefficient (Wildman–Crippen LogP) is 3.64. The van der Waals surface area contributed by atoms with Crippen molar-refractivity contribution in [2.24, 2.45) is 0 Å². The lowest BCUT2D eigenvalue weighted by Gasteiger charge is -2.37. The number of aryl methyl sites for hydroxylation is 1. The molecule has 0 radical (unpaired) electrons. The van der Waals surface area contributed by atoms with Gasteiger partial charge in [-0.15, -0.1) is 0 Å². The van der Waals surface area contributed by atoms with Gasteiger partial charge in [0.25, 0.3) is 0 Å². The van der Waals surface area contributed by atoms with Crippen LogP contribution in [0.1, 0.15) is 19.7 Å². The molecule has 0 N–H and O–H groups in total. The molecular weight excluding hydrogens is 338 g/mol. The number of pyridine rings is 1. The van der Waals surface area contributed by atoms with Crippen molar-refractivity contribution in [2.45, 2.75) is 26.8 Å². The average Bonchev–Trinajstić information content (AvgIpc) is 3.15. The van der Waals surface area contributed by atoms with Gasteiger partial charge in [-0.25, -0.2) is 4.98 Å². The summed E-state index contributed by atoms with van der Waals surface area (Å²) in [5.41, 5.74) is 3.18. The van der Waals surface area contributed by atoms with Crippen LogP contribution in [0.5, 0.6) is 0 Å². The minimum atomic E-state index is 0.572. The summed E-state index contributed by atoms with van der Waals surface area (Å²) in [5.74, 6) is 2.25. The highest BCUT2D eigenvalue weighted by Crippen LogP contribution is 2.24. The number of hydrogen-bond acceptors (Lipinski definition) is 6. The number of rotatable bonds is 4. The van der Waals surface area contributed by atoms with Crippen LogP contribution in [-0.2, 0) is 0 Å². The van der Waals surface area contributed by atoms with Crippen molar-refractivity contribution in [1.82, 2.24) is 20.0 Å². The predicted molar refractivity (Wildman–Crippen MR) is 107 cm³/mol. The van der Waals surface area contributed by atoms with Gasteiger partial charge in [0.05, 0.1) is 0 Å². The molecule has 0 aliphatic carbocycles. The minimum Gasteiger partial charge on any atom is -0.354 e. The molecule has 6 nitrogen and oxygen atoms in total. The number of piperazine rings is 1. The molecule has 0 atom stereocenters. The maximum absolute atomic E-state index is 5.05. The Bertz CT molecular complexity index is 878. The Morgan fingerprint density at radius 1 is 0.889 bits per heavy atom. The lowest BCUT2D eigenvalue weighted by atomic mass is 10.1. The van der Waals surface area contributed by atoms with Gasteiger partial charge in [-0.1, -0.05) is 29.4 Å². The maximum atomic E-state index is 5.05. The van der Waals surface area contributed by atoms with Crippen LogP contribution < -0.4 is 4.90 Å². The van der Waals surface area contributed by atoms with Crippen molar-refractivity contribution in [3.8, 4) is 22.5 Å². The van der Waals surface area contributed by atoms with E-state index in [2.05, 4.69) is 58.1 Å². The fourth-order valence-electron chi connectivity index (χ4n) is 3.44. The lowest BCUT2D eigenvalue weighted by molar-refractivity contribution is 0.209. The van der Waals surface area contributed by atoms with Crippen molar-refractivity contribution in [2.75, 3.05) is 31.1 Å². The Labute approximate surface area is 159 Å². The van der Waals surface area contributed by atoms with Crippen LogP contribution in [0.4, 0.5) is 5.82 Å². The molecule has 0 unspecified atom stereocenters. The number of hydrogen-bond donors (Lipinski definition) is 0. The van der Waals surface area contributed by atoms with E-state index in [0.29, 0.717) is 17.8 Å². The van der Waals surface area contributed by atoms with Crippen molar-refractivity contribution in [3.63, 3.8) is 0 Å². The number of aromatic nitrogens is 3. The SMILES string of the molecule is Cc1nc(-c2ccc(-c3ccc(N4CCN(C(C)C)CC4)nc3)cc2)no1. The number of nitrogens with zero attached hydrogens (tertiary/aromatic N) is 5. The molecule has 0 amide bonds. The normalized spacial score (nSPS) is 15.5. The van der Waals surface area contributed by atoms with E-state index in [0.717, 1.165) is 48.7 Å². The van der Waals surface area contributed by atoms with Crippen molar-refractivity contribution in [3.05, 3.63) is 48.5 Å². The summed E-state index contributed by atoms with van der Waals surface area (Å²) in [7, 11) is 0. The molecule has 3 aromatic rings. The van der Waals surface area contributed by atoms with E-state index in [-0.39, 0.29) is 0 Å². The highest BCUT2D eigenvalue weighted by Gasteiger charge is 2.19. The fourth-order valence-corrected chi connectivity index (χ4v) is 3.44. The van der Waals surface area contributed by atoms with Crippen LogP contribution >= 0.6 is 0 Å². The Kier molecular flexibility index (Phi) is 4.90. The summed E-state index contributed by atoms with van der Waals surface area (Å²) < 4.78 is 5.05. The van der Waals surface area contributed by atoms with E-state index >= 15 is 0 Å². The van der Waals surface area contributed by atoms with E-state index in [1.165, 1.54) is 0 Å². The van der Waals surface area contributed by atoms with Crippen LogP contribution in [0.15, 0.2) is 47.1 Å². The van der Waals surface area contributed by atoms with Gasteiger partial charge < -0.3 is 9.42 Å². The third-order valence-corrected chi connectivity index (χ3v) is 5.12. The standard InChI is InChI=1S/C21H25N5O/c1-15(2)25-10-12-26(13-11-25)20-9-8-19(14-22-20)17-4-6-18(7-5-17)21-23-16(3)27-24-21/h4-9,14-15H,10-13H2,1-3H3. The molecule has 140 valence electrons. The second-order valence-corrected chi connectivity index (χ2v) is 7.24. The van der Waals surface area contributed by atoms with Gasteiger partial charge in [0, 0.05) is 56.5 Å². The Morgan fingerprint density at radius 3 is 2.11 bits per heavy atom. The van der Waals surface area contributed by atoms with Crippen LogP contribution in [0.2, 0.25) is 0 Å². The third kappa shape index (κ3) is 3.85. The average molecular weight is 363 g/mol. The van der Waals surface area contributed by atoms with E-state index in [4.69, 9.17) is 9.51 Å². The van der Waals surface area contributed by atoms with E-state index in [1.54, 1.807) is 6.92 Å². The van der Waals surface area contributed by atoms with Gasteiger partial charge in [0.15, 0.2) is 0 Å². The zero-order valence-electron chi connectivity index (χ0n) is 16.1. The summed E-state index contributed by atoms with van der Waals surface area (Å²) in [4.78, 5) is 13.8. The summed E-state index contributed by atoms with van der Waals surface area (Å²) >= 11 is 0. The van der Waals surface area contributed by atoms with Gasteiger partial charge in [0.1, 0.15) is 5.82 Å². The van der Waals surface area contributed by atoms with Gasteiger partial charge in [-0.3, -0.25) is 4.90 Å². The van der Waals surface area contributed by atoms with Gasteiger partial charge in [-0.05, 0) is 31.5 Å². The molecule has 0 bridgehead atoms. The van der Waals surface area contributed by atoms with E-state index in [9.17, 15) is 0 Å². The van der Waals surface area contributed by atoms with Crippen LogP contribution in [0.3, 0.4) is 0 Å². The molecule has 1 saturated heterocycles. The molecule has 0 saturated carbocycles. The maximum Gasteiger partial charge on any atom is 0.223 e. The van der Waals surface area contributed by atoms with Crippen molar-refractivity contribution >= 4 is 5.82 Å². The van der Waals surface area contributed by atoms with Crippen LogP contribution in [-0.4, -0.2) is 52.2 Å². The molecule has 1 aromatic carbocycles. The minimum absolute atomic E-state index is 0.572. The van der Waals surface area contributed by atoms with Crippen LogP contribution in [0, 0.1) is 6.92 Å². The molecule has 1 fully saturated rings. The topological polar surface area (TPSA) is 58.3 Å². The fraction of sp³-hybridized carbons (Fsp3) is 0.381. The highest BCUT2D eigenvalue weighted by molar-refractivity contribution is 5.67. The second kappa shape index (κ2) is 7.48. The van der Waals surface area contributed by atoms with Crippen LogP contribution in [0.25, 0.3) is 22.5 Å². The van der Waals surface area contributed by atoms with E-state index in [1.807, 2.05) is 18.3 Å². The molecule has 3 heterocycles. The lowest BCUT2D eigenvalue weighted by Crippen LogP contribution is -2.49. The highest BCUT2D eigenvalue weighted by atomic mass is 16.5. The Hall–Kier alpha value is -2.73. The molecule has 0 spiro atoms. The molecule has 1 aliphatic heterocycles. The summed E-state index contributed by atoms with van der Waals surface area (Å²) in [6, 6.07) is 13.0. The largest absolute Gasteiger partial charge is 0.354 e. The quantitative estimate of drug-likeness (QED) is 0.705. The monoisotopic (exact) mass is 363 g/mol. The first-order valence-corrected chi connectivity index (χ1v) is 9.46. The first-order valence-electron chi connectivity index (χ1n) is 9.46. The summed E-state index contributed by atoms with van der Waals surface area (Å²) in [5, 5.41) is 3.96. The smallest absolute Gasteiger partial charge is 0.223 e. The Balaban J connectivity index is 1.45. The van der Waals surface area contributed by atoms with E-state index < -0.39 is 0 Å². The summed E-state index contributed by atoms with van der Waals surface area (Å²) in [6.45, 7) is 10.6. The molecule has 27 heavy (non-hydrogen) atoms. The number of benzene rings is 1. The summed E-state index contributed by atoms with van der Waals surface area (Å²) in [6.07, 6.45) is 1.96.